The highest BCUT2D eigenvalue weighted by Gasteiger charge is 2.24. The van der Waals surface area contributed by atoms with Crippen molar-refractivity contribution in [3.05, 3.63) is 11.9 Å². The van der Waals surface area contributed by atoms with Gasteiger partial charge in [-0.1, -0.05) is 6.42 Å². The third-order valence-electron chi connectivity index (χ3n) is 3.21. The highest BCUT2D eigenvalue weighted by atomic mass is 15.2. The van der Waals surface area contributed by atoms with E-state index in [0.717, 1.165) is 17.6 Å². The predicted octanol–water partition coefficient (Wildman–Crippen LogP) is 2.33. The molecule has 0 aromatic carbocycles. The minimum atomic E-state index is 0.559. The average Bonchev–Trinajstić information content (AvgIpc) is 2.26. The highest BCUT2D eigenvalue weighted by Crippen LogP contribution is 2.30. The van der Waals surface area contributed by atoms with Crippen LogP contribution in [0, 0.1) is 12.8 Å². The first-order chi connectivity index (χ1) is 6.66. The zero-order valence-corrected chi connectivity index (χ0v) is 9.25. The van der Waals surface area contributed by atoms with E-state index in [9.17, 15) is 0 Å². The second kappa shape index (κ2) is 3.64. The molecule has 0 radical (unpaired) electrons. The summed E-state index contributed by atoms with van der Waals surface area (Å²) in [4.78, 5) is 4.44. The zero-order chi connectivity index (χ0) is 10.1. The van der Waals surface area contributed by atoms with Crippen LogP contribution in [0.2, 0.25) is 0 Å². The normalized spacial score (nSPS) is 19.1. The third-order valence-corrected chi connectivity index (χ3v) is 3.21. The molecule has 1 aromatic rings. The minimum absolute atomic E-state index is 0.559. The standard InChI is InChI=1S/C11H19N3/c1-8-7-14(3)11(12-8)13-9(2)10-5-4-6-10/h7,9-10H,4-6H2,1-3H3,(H,12,13). The minimum Gasteiger partial charge on any atom is -0.353 e. The molecule has 1 unspecified atom stereocenters. The van der Waals surface area contributed by atoms with Crippen LogP contribution in [-0.2, 0) is 7.05 Å². The van der Waals surface area contributed by atoms with Crippen LogP contribution in [0.3, 0.4) is 0 Å². The van der Waals surface area contributed by atoms with Crippen molar-refractivity contribution >= 4 is 5.95 Å². The van der Waals surface area contributed by atoms with E-state index in [1.807, 2.05) is 14.0 Å². The molecule has 3 heteroatoms. The second-order valence-corrected chi connectivity index (χ2v) is 4.44. The van der Waals surface area contributed by atoms with E-state index in [1.54, 1.807) is 0 Å². The summed E-state index contributed by atoms with van der Waals surface area (Å²) in [6, 6.07) is 0.559. The van der Waals surface area contributed by atoms with Crippen LogP contribution in [0.15, 0.2) is 6.20 Å². The number of aromatic nitrogens is 2. The molecule has 2 rings (SSSR count). The summed E-state index contributed by atoms with van der Waals surface area (Å²) in [7, 11) is 2.04. The molecule has 0 bridgehead atoms. The van der Waals surface area contributed by atoms with Crippen LogP contribution in [-0.4, -0.2) is 15.6 Å². The number of anilines is 1. The number of imidazole rings is 1. The van der Waals surface area contributed by atoms with Crippen LogP contribution < -0.4 is 5.32 Å². The maximum atomic E-state index is 4.44. The number of hydrogen-bond acceptors (Lipinski definition) is 2. The quantitative estimate of drug-likeness (QED) is 0.798. The Morgan fingerprint density at radius 1 is 1.57 bits per heavy atom. The monoisotopic (exact) mass is 193 g/mol. The van der Waals surface area contributed by atoms with Gasteiger partial charge in [0.1, 0.15) is 0 Å². The van der Waals surface area contributed by atoms with Crippen LogP contribution in [0.25, 0.3) is 0 Å². The molecule has 1 N–H and O–H groups in total. The molecule has 0 aliphatic heterocycles. The predicted molar refractivity (Wildman–Crippen MR) is 58.4 cm³/mol. The van der Waals surface area contributed by atoms with Crippen molar-refractivity contribution in [2.75, 3.05) is 5.32 Å². The number of aryl methyl sites for hydroxylation is 2. The number of nitrogens with zero attached hydrogens (tertiary/aromatic N) is 2. The Morgan fingerprint density at radius 3 is 2.71 bits per heavy atom. The molecule has 1 aliphatic carbocycles. The summed E-state index contributed by atoms with van der Waals surface area (Å²) in [6.07, 6.45) is 6.20. The maximum absolute atomic E-state index is 4.44. The fourth-order valence-corrected chi connectivity index (χ4v) is 2.01. The Labute approximate surface area is 85.5 Å². The van der Waals surface area contributed by atoms with Crippen molar-refractivity contribution in [1.29, 1.82) is 0 Å². The van der Waals surface area contributed by atoms with E-state index in [0.29, 0.717) is 6.04 Å². The van der Waals surface area contributed by atoms with Crippen LogP contribution in [0.4, 0.5) is 5.95 Å². The Bertz CT molecular complexity index is 312. The summed E-state index contributed by atoms with van der Waals surface area (Å²) in [5, 5.41) is 3.48. The second-order valence-electron chi connectivity index (χ2n) is 4.44. The van der Waals surface area contributed by atoms with Gasteiger partial charge < -0.3 is 9.88 Å². The fraction of sp³-hybridized carbons (Fsp3) is 0.727. The number of hydrogen-bond donors (Lipinski definition) is 1. The molecular weight excluding hydrogens is 174 g/mol. The average molecular weight is 193 g/mol. The molecule has 0 amide bonds. The fourth-order valence-electron chi connectivity index (χ4n) is 2.01. The van der Waals surface area contributed by atoms with Crippen molar-refractivity contribution in [2.24, 2.45) is 13.0 Å². The van der Waals surface area contributed by atoms with Crippen molar-refractivity contribution in [2.45, 2.75) is 39.2 Å². The molecule has 14 heavy (non-hydrogen) atoms. The molecule has 1 heterocycles. The molecule has 1 saturated carbocycles. The summed E-state index contributed by atoms with van der Waals surface area (Å²) in [6.45, 7) is 4.28. The van der Waals surface area contributed by atoms with Gasteiger partial charge in [-0.05, 0) is 32.6 Å². The van der Waals surface area contributed by atoms with Gasteiger partial charge in [0.15, 0.2) is 0 Å². The van der Waals surface area contributed by atoms with E-state index < -0.39 is 0 Å². The topological polar surface area (TPSA) is 29.9 Å². The molecule has 78 valence electrons. The summed E-state index contributed by atoms with van der Waals surface area (Å²) in [5.41, 5.74) is 1.08. The zero-order valence-electron chi connectivity index (χ0n) is 9.25. The first kappa shape index (κ1) is 9.56. The number of rotatable bonds is 3. The Balaban J connectivity index is 1.98. The van der Waals surface area contributed by atoms with Crippen LogP contribution >= 0.6 is 0 Å². The van der Waals surface area contributed by atoms with E-state index in [2.05, 4.69) is 28.0 Å². The van der Waals surface area contributed by atoms with E-state index >= 15 is 0 Å². The van der Waals surface area contributed by atoms with Gasteiger partial charge in [-0.3, -0.25) is 0 Å². The first-order valence-corrected chi connectivity index (χ1v) is 5.43. The summed E-state index contributed by atoms with van der Waals surface area (Å²) < 4.78 is 2.06. The van der Waals surface area contributed by atoms with Gasteiger partial charge in [0.2, 0.25) is 5.95 Å². The molecule has 0 saturated heterocycles. The van der Waals surface area contributed by atoms with Gasteiger partial charge in [-0.15, -0.1) is 0 Å². The molecule has 1 atom stereocenters. The largest absolute Gasteiger partial charge is 0.353 e. The van der Waals surface area contributed by atoms with E-state index in [-0.39, 0.29) is 0 Å². The van der Waals surface area contributed by atoms with Crippen molar-refractivity contribution in [3.8, 4) is 0 Å². The first-order valence-electron chi connectivity index (χ1n) is 5.43. The lowest BCUT2D eigenvalue weighted by molar-refractivity contribution is 0.284. The van der Waals surface area contributed by atoms with E-state index in [4.69, 9.17) is 0 Å². The smallest absolute Gasteiger partial charge is 0.202 e. The molecule has 1 aromatic heterocycles. The van der Waals surface area contributed by atoms with Gasteiger partial charge in [0, 0.05) is 19.3 Å². The lowest BCUT2D eigenvalue weighted by atomic mass is 9.80. The lowest BCUT2D eigenvalue weighted by Gasteiger charge is -2.32. The van der Waals surface area contributed by atoms with Crippen molar-refractivity contribution in [3.63, 3.8) is 0 Å². The van der Waals surface area contributed by atoms with E-state index in [1.165, 1.54) is 19.3 Å². The van der Waals surface area contributed by atoms with Crippen LogP contribution in [0.1, 0.15) is 31.9 Å². The van der Waals surface area contributed by atoms with Crippen LogP contribution in [0.5, 0.6) is 0 Å². The Hall–Kier alpha value is -0.990. The molecule has 1 aliphatic rings. The van der Waals surface area contributed by atoms with Crippen molar-refractivity contribution < 1.29 is 0 Å². The molecule has 3 nitrogen and oxygen atoms in total. The Kier molecular flexibility index (Phi) is 2.48. The van der Waals surface area contributed by atoms with Gasteiger partial charge in [-0.25, -0.2) is 4.98 Å². The molecule has 0 spiro atoms. The van der Waals surface area contributed by atoms with Gasteiger partial charge >= 0.3 is 0 Å². The van der Waals surface area contributed by atoms with Gasteiger partial charge in [0.25, 0.3) is 0 Å². The lowest BCUT2D eigenvalue weighted by Crippen LogP contribution is -2.31. The Morgan fingerprint density at radius 2 is 2.29 bits per heavy atom. The highest BCUT2D eigenvalue weighted by molar-refractivity contribution is 5.29. The maximum Gasteiger partial charge on any atom is 0.202 e. The molecular formula is C11H19N3. The van der Waals surface area contributed by atoms with Crippen molar-refractivity contribution in [1.82, 2.24) is 9.55 Å². The van der Waals surface area contributed by atoms with Gasteiger partial charge in [0.05, 0.1) is 5.69 Å². The third kappa shape index (κ3) is 1.76. The number of nitrogens with one attached hydrogen (secondary N) is 1. The molecule has 1 fully saturated rings. The van der Waals surface area contributed by atoms with Gasteiger partial charge in [-0.2, -0.15) is 0 Å². The SMILES string of the molecule is Cc1cn(C)c(NC(C)C2CCC2)n1. The summed E-state index contributed by atoms with van der Waals surface area (Å²) >= 11 is 0. The summed E-state index contributed by atoms with van der Waals surface area (Å²) in [5.74, 6) is 1.86.